The summed E-state index contributed by atoms with van der Waals surface area (Å²) in [6.45, 7) is 18.7. The van der Waals surface area contributed by atoms with Gasteiger partial charge >= 0.3 is 5.97 Å². The third-order valence-corrected chi connectivity index (χ3v) is 7.09. The summed E-state index contributed by atoms with van der Waals surface area (Å²) in [4.78, 5) is 13.4. The van der Waals surface area contributed by atoms with Crippen molar-refractivity contribution in [2.75, 3.05) is 13.2 Å². The second-order valence-corrected chi connectivity index (χ2v) is 12.3. The van der Waals surface area contributed by atoms with Crippen LogP contribution in [0.15, 0.2) is 65.1 Å². The van der Waals surface area contributed by atoms with E-state index in [1.54, 1.807) is 11.9 Å². The molecule has 6 heteroatoms. The number of carbonyl (C=O) groups excluding carboxylic acids is 1. The number of rotatable bonds is 7. The summed E-state index contributed by atoms with van der Waals surface area (Å²) in [7, 11) is 0. The number of esters is 1. The van der Waals surface area contributed by atoms with Gasteiger partial charge in [0.1, 0.15) is 12.2 Å². The minimum atomic E-state index is -0.531. The van der Waals surface area contributed by atoms with E-state index in [9.17, 15) is 4.79 Å². The Hall–Kier alpha value is -1.79. The first kappa shape index (κ1) is 30.4. The minimum Gasteiger partial charge on any atom is -0.458 e. The van der Waals surface area contributed by atoms with Gasteiger partial charge in [-0.3, -0.25) is 0 Å². The number of nitrogens with zero attached hydrogens (tertiary/aromatic N) is 1. The molecule has 2 unspecified atom stereocenters. The van der Waals surface area contributed by atoms with Crippen LogP contribution in [-0.2, 0) is 14.3 Å². The number of ether oxygens (including phenoxy) is 2. The largest absolute Gasteiger partial charge is 0.458 e. The molecule has 4 nitrogen and oxygen atoms in total. The lowest BCUT2D eigenvalue weighted by Crippen LogP contribution is -2.37. The van der Waals surface area contributed by atoms with Crippen LogP contribution >= 0.6 is 23.5 Å². The Kier molecular flexibility index (Phi) is 11.1. The zero-order valence-corrected chi connectivity index (χ0v) is 24.8. The van der Waals surface area contributed by atoms with Gasteiger partial charge in [-0.2, -0.15) is 0 Å². The second kappa shape index (κ2) is 13.1. The van der Waals surface area contributed by atoms with E-state index in [0.717, 1.165) is 11.1 Å². The van der Waals surface area contributed by atoms with Gasteiger partial charge in [-0.15, -0.1) is 0 Å². The molecule has 1 aliphatic rings. The molecule has 2 atom stereocenters. The lowest BCUT2D eigenvalue weighted by molar-refractivity contribution is -0.159. The van der Waals surface area contributed by atoms with Crippen LogP contribution in [0.3, 0.4) is 0 Å². The van der Waals surface area contributed by atoms with E-state index in [1.807, 2.05) is 46.8 Å². The molecule has 0 spiro atoms. The Morgan fingerprint density at radius 3 is 2.17 bits per heavy atom. The second-order valence-electron chi connectivity index (χ2n) is 10.8. The van der Waals surface area contributed by atoms with Crippen molar-refractivity contribution >= 4 is 29.5 Å². The quantitative estimate of drug-likeness (QED) is 0.203. The SMILES string of the molecule is CC.Cc1ccccc1SN1C(c2ccc(Cl)cc2)C(COCC(=O)OC(C)(C)C)=CC1C(C)(C)C. The van der Waals surface area contributed by atoms with Gasteiger partial charge in [0.2, 0.25) is 0 Å². The molecule has 36 heavy (non-hydrogen) atoms. The van der Waals surface area contributed by atoms with Crippen molar-refractivity contribution in [1.82, 2.24) is 4.31 Å². The van der Waals surface area contributed by atoms with Crippen LogP contribution in [0.4, 0.5) is 0 Å². The highest BCUT2D eigenvalue weighted by atomic mass is 35.5. The van der Waals surface area contributed by atoms with Crippen LogP contribution < -0.4 is 0 Å². The lowest BCUT2D eigenvalue weighted by atomic mass is 9.87. The van der Waals surface area contributed by atoms with Crippen LogP contribution in [0.2, 0.25) is 5.02 Å². The lowest BCUT2D eigenvalue weighted by Gasteiger charge is -2.37. The third kappa shape index (κ3) is 8.65. The van der Waals surface area contributed by atoms with Crippen molar-refractivity contribution < 1.29 is 14.3 Å². The molecule has 0 radical (unpaired) electrons. The van der Waals surface area contributed by atoms with Crippen molar-refractivity contribution in [3.8, 4) is 0 Å². The molecule has 0 saturated carbocycles. The van der Waals surface area contributed by atoms with Gasteiger partial charge in [0.25, 0.3) is 0 Å². The van der Waals surface area contributed by atoms with Gasteiger partial charge in [-0.05, 0) is 80.0 Å². The Balaban J connectivity index is 0.00000222. The summed E-state index contributed by atoms with van der Waals surface area (Å²) >= 11 is 7.98. The maximum atomic E-state index is 12.2. The third-order valence-electron chi connectivity index (χ3n) is 5.53. The first-order chi connectivity index (χ1) is 16.8. The number of hydrogen-bond acceptors (Lipinski definition) is 5. The minimum absolute atomic E-state index is 0.00667. The topological polar surface area (TPSA) is 38.8 Å². The molecule has 2 aromatic carbocycles. The summed E-state index contributed by atoms with van der Waals surface area (Å²) in [5, 5.41) is 0.707. The molecular weight excluding hydrogens is 490 g/mol. The van der Waals surface area contributed by atoms with Crippen molar-refractivity contribution in [2.45, 2.75) is 84.9 Å². The van der Waals surface area contributed by atoms with Gasteiger partial charge in [-0.1, -0.05) is 82.6 Å². The van der Waals surface area contributed by atoms with Crippen molar-refractivity contribution in [1.29, 1.82) is 0 Å². The van der Waals surface area contributed by atoms with E-state index in [4.69, 9.17) is 21.1 Å². The predicted molar refractivity (Wildman–Crippen MR) is 152 cm³/mol. The molecule has 2 aromatic rings. The standard InChI is InChI=1S/C28H36ClNO3S.C2H6/c1-19-10-8-9-11-23(19)34-30-24(27(2,3)4)16-21(17-32-18-25(31)33-28(5,6)7)26(30)20-12-14-22(29)15-13-20;1-2/h8-16,24,26H,17-18H2,1-7H3;1-2H3. The van der Waals surface area contributed by atoms with E-state index in [-0.39, 0.29) is 30.1 Å². The molecule has 1 aliphatic heterocycles. The molecule has 0 amide bonds. The number of carbonyl (C=O) groups is 1. The summed E-state index contributed by atoms with van der Waals surface area (Å²) in [6, 6.07) is 16.6. The van der Waals surface area contributed by atoms with Crippen LogP contribution in [0.5, 0.6) is 0 Å². The Bertz CT molecular complexity index is 1020. The normalized spacial score (nSPS) is 18.3. The molecule has 0 bridgehead atoms. The van der Waals surface area contributed by atoms with Crippen molar-refractivity contribution in [3.63, 3.8) is 0 Å². The fourth-order valence-electron chi connectivity index (χ4n) is 3.96. The highest BCUT2D eigenvalue weighted by Gasteiger charge is 2.42. The zero-order chi connectivity index (χ0) is 27.1. The average Bonchev–Trinajstić information content (AvgIpc) is 3.14. The van der Waals surface area contributed by atoms with E-state index in [2.05, 4.69) is 74.5 Å². The Morgan fingerprint density at radius 1 is 1.00 bits per heavy atom. The molecule has 0 fully saturated rings. The van der Waals surface area contributed by atoms with E-state index in [0.29, 0.717) is 11.6 Å². The summed E-state index contributed by atoms with van der Waals surface area (Å²) < 4.78 is 13.7. The Morgan fingerprint density at radius 2 is 1.61 bits per heavy atom. The molecule has 0 aromatic heterocycles. The van der Waals surface area contributed by atoms with E-state index < -0.39 is 5.60 Å². The average molecular weight is 532 g/mol. The van der Waals surface area contributed by atoms with Crippen LogP contribution in [0, 0.1) is 12.3 Å². The fraction of sp³-hybridized carbons (Fsp3) is 0.500. The van der Waals surface area contributed by atoms with Crippen LogP contribution in [0.1, 0.15) is 72.6 Å². The zero-order valence-electron chi connectivity index (χ0n) is 23.2. The van der Waals surface area contributed by atoms with Crippen LogP contribution in [-0.4, -0.2) is 35.1 Å². The summed E-state index contributed by atoms with van der Waals surface area (Å²) in [5.74, 6) is -0.354. The Labute approximate surface area is 227 Å². The number of benzene rings is 2. The number of aryl methyl sites for hydroxylation is 1. The van der Waals surface area contributed by atoms with Crippen molar-refractivity contribution in [2.24, 2.45) is 5.41 Å². The molecule has 0 saturated heterocycles. The highest BCUT2D eigenvalue weighted by Crippen LogP contribution is 2.49. The van der Waals surface area contributed by atoms with E-state index >= 15 is 0 Å². The number of hydrogen-bond donors (Lipinski definition) is 0. The molecule has 0 aliphatic carbocycles. The molecule has 0 N–H and O–H groups in total. The van der Waals surface area contributed by atoms with Gasteiger partial charge in [-0.25, -0.2) is 9.10 Å². The van der Waals surface area contributed by atoms with Crippen LogP contribution in [0.25, 0.3) is 0 Å². The molecule has 198 valence electrons. The number of halogens is 1. The summed E-state index contributed by atoms with van der Waals surface area (Å²) in [5.41, 5.74) is 2.98. The van der Waals surface area contributed by atoms with Gasteiger partial charge in [0.15, 0.2) is 0 Å². The molecular formula is C30H42ClNO3S. The summed E-state index contributed by atoms with van der Waals surface area (Å²) in [6.07, 6.45) is 2.31. The van der Waals surface area contributed by atoms with E-state index in [1.165, 1.54) is 10.5 Å². The smallest absolute Gasteiger partial charge is 0.332 e. The maximum Gasteiger partial charge on any atom is 0.332 e. The van der Waals surface area contributed by atoms with Gasteiger partial charge in [0, 0.05) is 16.0 Å². The van der Waals surface area contributed by atoms with Gasteiger partial charge in [0.05, 0.1) is 12.6 Å². The van der Waals surface area contributed by atoms with Gasteiger partial charge < -0.3 is 9.47 Å². The fourth-order valence-corrected chi connectivity index (χ4v) is 5.52. The predicted octanol–water partition coefficient (Wildman–Crippen LogP) is 8.44. The maximum absolute atomic E-state index is 12.2. The molecule has 1 heterocycles. The molecule has 3 rings (SSSR count). The van der Waals surface area contributed by atoms with Crippen molar-refractivity contribution in [3.05, 3.63) is 76.3 Å². The first-order valence-corrected chi connectivity index (χ1v) is 13.8. The monoisotopic (exact) mass is 531 g/mol. The highest BCUT2D eigenvalue weighted by molar-refractivity contribution is 7.97. The first-order valence-electron chi connectivity index (χ1n) is 12.6.